The summed E-state index contributed by atoms with van der Waals surface area (Å²) in [5.41, 5.74) is 2.85. The first-order chi connectivity index (χ1) is 17.7. The summed E-state index contributed by atoms with van der Waals surface area (Å²) in [5, 5.41) is 1.24. The molecule has 0 aliphatic heterocycles. The molecular weight excluding hydrogens is 489 g/mol. The second kappa shape index (κ2) is 11.4. The highest BCUT2D eigenvalue weighted by Crippen LogP contribution is 2.28. The number of aromatic nitrogens is 1. The van der Waals surface area contributed by atoms with Crippen LogP contribution >= 0.6 is 0 Å². The number of alkyl halides is 3. The van der Waals surface area contributed by atoms with Crippen molar-refractivity contribution in [3.8, 4) is 11.5 Å². The molecule has 4 rings (SSSR count). The number of hydrogen-bond acceptors (Lipinski definition) is 3. The number of aryl methyl sites for hydroxylation is 4. The normalized spacial score (nSPS) is 11.5. The second-order valence-electron chi connectivity index (χ2n) is 8.49. The van der Waals surface area contributed by atoms with Gasteiger partial charge in [0.25, 0.3) is 0 Å². The van der Waals surface area contributed by atoms with E-state index in [1.165, 1.54) is 6.07 Å². The van der Waals surface area contributed by atoms with E-state index < -0.39 is 17.9 Å². The van der Waals surface area contributed by atoms with E-state index in [2.05, 4.69) is 16.3 Å². The lowest BCUT2D eigenvalue weighted by molar-refractivity contribution is -0.275. The van der Waals surface area contributed by atoms with Gasteiger partial charge in [0.2, 0.25) is 0 Å². The summed E-state index contributed by atoms with van der Waals surface area (Å²) in [4.78, 5) is 4.41. The molecule has 0 aliphatic rings. The van der Waals surface area contributed by atoms with Crippen LogP contribution in [0.5, 0.6) is 11.5 Å². The first-order valence-electron chi connectivity index (χ1n) is 11.6. The van der Waals surface area contributed by atoms with Crippen LogP contribution in [0, 0.1) is 11.6 Å². The molecule has 4 aromatic rings. The van der Waals surface area contributed by atoms with Crippen LogP contribution in [0.25, 0.3) is 10.8 Å². The average Bonchev–Trinajstić information content (AvgIpc) is 2.87. The number of nitrogens with zero attached hydrogens (tertiary/aromatic N) is 1. The topological polar surface area (TPSA) is 31.4 Å². The van der Waals surface area contributed by atoms with E-state index in [9.17, 15) is 17.6 Å². The highest BCUT2D eigenvalue weighted by Gasteiger charge is 2.32. The summed E-state index contributed by atoms with van der Waals surface area (Å²) in [5.74, 6) is -1.70. The maximum absolute atomic E-state index is 15.2. The van der Waals surface area contributed by atoms with E-state index >= 15 is 4.39 Å². The Labute approximate surface area is 211 Å². The Balaban J connectivity index is 1.39. The average molecular weight is 514 g/mol. The molecule has 0 fully saturated rings. The van der Waals surface area contributed by atoms with Crippen molar-refractivity contribution in [3.63, 3.8) is 0 Å². The first kappa shape index (κ1) is 26.1. The van der Waals surface area contributed by atoms with Crippen LogP contribution in [-0.4, -0.2) is 18.0 Å². The lowest BCUT2D eigenvalue weighted by Crippen LogP contribution is -2.18. The SMILES string of the molecule is C=CCOc1ccc(CCc2ccc3c(F)c(CCc4ccc(OC(F)(F)F)c(F)c4)ccc3c2)nc1. The Kier molecular flexibility index (Phi) is 8.06. The van der Waals surface area contributed by atoms with Crippen molar-refractivity contribution in [2.45, 2.75) is 32.0 Å². The third-order valence-electron chi connectivity index (χ3n) is 5.84. The maximum Gasteiger partial charge on any atom is 0.573 e. The van der Waals surface area contributed by atoms with E-state index in [1.54, 1.807) is 24.4 Å². The zero-order chi connectivity index (χ0) is 26.4. The third kappa shape index (κ3) is 7.06. The fourth-order valence-corrected chi connectivity index (χ4v) is 3.99. The van der Waals surface area contributed by atoms with E-state index in [0.717, 1.165) is 41.6 Å². The minimum Gasteiger partial charge on any atom is -0.488 e. The van der Waals surface area contributed by atoms with Gasteiger partial charge in [-0.1, -0.05) is 49.1 Å². The number of hydrogen-bond donors (Lipinski definition) is 0. The predicted octanol–water partition coefficient (Wildman–Crippen LogP) is 7.55. The summed E-state index contributed by atoms with van der Waals surface area (Å²) >= 11 is 0. The first-order valence-corrected chi connectivity index (χ1v) is 11.6. The summed E-state index contributed by atoms with van der Waals surface area (Å²) in [6.07, 6.45) is 0.346. The van der Waals surface area contributed by atoms with Gasteiger partial charge in [0.05, 0.1) is 6.20 Å². The van der Waals surface area contributed by atoms with Crippen LogP contribution in [0.15, 0.2) is 79.5 Å². The molecule has 37 heavy (non-hydrogen) atoms. The minimum atomic E-state index is -4.97. The minimum absolute atomic E-state index is 0.258. The lowest BCUT2D eigenvalue weighted by atomic mass is 9.98. The lowest BCUT2D eigenvalue weighted by Gasteiger charge is -2.11. The van der Waals surface area contributed by atoms with E-state index in [0.29, 0.717) is 28.9 Å². The zero-order valence-corrected chi connectivity index (χ0v) is 19.8. The molecular formula is C29H24F5NO2. The van der Waals surface area contributed by atoms with Gasteiger partial charge in [0.15, 0.2) is 11.6 Å². The van der Waals surface area contributed by atoms with Gasteiger partial charge >= 0.3 is 6.36 Å². The van der Waals surface area contributed by atoms with Crippen molar-refractivity contribution in [1.82, 2.24) is 4.98 Å². The summed E-state index contributed by atoms with van der Waals surface area (Å²) in [7, 11) is 0. The third-order valence-corrected chi connectivity index (χ3v) is 5.84. The van der Waals surface area contributed by atoms with Crippen molar-refractivity contribution < 1.29 is 31.4 Å². The van der Waals surface area contributed by atoms with Crippen LogP contribution in [-0.2, 0) is 25.7 Å². The molecule has 0 bridgehead atoms. The molecule has 0 atom stereocenters. The van der Waals surface area contributed by atoms with Crippen LogP contribution in [0.3, 0.4) is 0 Å². The number of pyridine rings is 1. The summed E-state index contributed by atoms with van der Waals surface area (Å²) in [6.45, 7) is 4.03. The van der Waals surface area contributed by atoms with Crippen LogP contribution in [0.1, 0.15) is 22.4 Å². The van der Waals surface area contributed by atoms with E-state index in [-0.39, 0.29) is 18.7 Å². The summed E-state index contributed by atoms with van der Waals surface area (Å²) < 4.78 is 75.1. The monoisotopic (exact) mass is 513 g/mol. The van der Waals surface area contributed by atoms with Crippen molar-refractivity contribution in [3.05, 3.63) is 114 Å². The Hall–Kier alpha value is -3.94. The molecule has 0 N–H and O–H groups in total. The second-order valence-corrected chi connectivity index (χ2v) is 8.49. The molecule has 3 nitrogen and oxygen atoms in total. The van der Waals surface area contributed by atoms with Crippen molar-refractivity contribution in [2.75, 3.05) is 6.61 Å². The fourth-order valence-electron chi connectivity index (χ4n) is 3.99. The Morgan fingerprint density at radius 3 is 2.30 bits per heavy atom. The van der Waals surface area contributed by atoms with Gasteiger partial charge in [-0.2, -0.15) is 0 Å². The van der Waals surface area contributed by atoms with Crippen LogP contribution in [0.2, 0.25) is 0 Å². The molecule has 1 aromatic heterocycles. The zero-order valence-electron chi connectivity index (χ0n) is 19.8. The molecule has 0 aliphatic carbocycles. The van der Waals surface area contributed by atoms with E-state index in [4.69, 9.17) is 4.74 Å². The molecule has 0 unspecified atom stereocenters. The molecule has 0 saturated carbocycles. The predicted molar refractivity (Wildman–Crippen MR) is 132 cm³/mol. The Morgan fingerprint density at radius 1 is 0.838 bits per heavy atom. The molecule has 8 heteroatoms. The standard InChI is InChI=1S/C29H24F5NO2/c1-2-15-36-24-12-11-23(35-18-24)10-4-19-5-13-25-22(16-19)9-8-21(28(25)31)7-3-20-6-14-27(26(30)17-20)37-29(32,33)34/h2,5-6,8-9,11-14,16-18H,1,3-4,7,10,15H2. The number of benzene rings is 3. The van der Waals surface area contributed by atoms with Crippen LogP contribution < -0.4 is 9.47 Å². The maximum atomic E-state index is 15.2. The van der Waals surface area contributed by atoms with Crippen molar-refractivity contribution in [1.29, 1.82) is 0 Å². The van der Waals surface area contributed by atoms with Gasteiger partial charge in [0, 0.05) is 11.1 Å². The quantitative estimate of drug-likeness (QED) is 0.162. The fraction of sp³-hybridized carbons (Fsp3) is 0.207. The molecule has 0 spiro atoms. The van der Waals surface area contributed by atoms with Gasteiger partial charge in [0.1, 0.15) is 18.2 Å². The molecule has 0 saturated heterocycles. The van der Waals surface area contributed by atoms with Crippen LogP contribution in [0.4, 0.5) is 22.0 Å². The van der Waals surface area contributed by atoms with Gasteiger partial charge < -0.3 is 9.47 Å². The number of rotatable bonds is 10. The molecule has 192 valence electrons. The molecule has 0 amide bonds. The largest absolute Gasteiger partial charge is 0.573 e. The van der Waals surface area contributed by atoms with Gasteiger partial charge in [-0.05, 0) is 72.0 Å². The Morgan fingerprint density at radius 2 is 1.59 bits per heavy atom. The van der Waals surface area contributed by atoms with Gasteiger partial charge in [-0.15, -0.1) is 13.2 Å². The molecule has 3 aromatic carbocycles. The van der Waals surface area contributed by atoms with Gasteiger partial charge in [-0.25, -0.2) is 8.78 Å². The van der Waals surface area contributed by atoms with Crippen molar-refractivity contribution >= 4 is 10.8 Å². The smallest absolute Gasteiger partial charge is 0.488 e. The molecule has 1 heterocycles. The number of ether oxygens (including phenoxy) is 2. The highest BCUT2D eigenvalue weighted by molar-refractivity contribution is 5.84. The number of fused-ring (bicyclic) bond motifs is 1. The Bertz CT molecular complexity index is 1380. The summed E-state index contributed by atoms with van der Waals surface area (Å²) in [6, 6.07) is 16.1. The highest BCUT2D eigenvalue weighted by atomic mass is 19.4. The van der Waals surface area contributed by atoms with E-state index in [1.807, 2.05) is 30.3 Å². The van der Waals surface area contributed by atoms with Gasteiger partial charge in [-0.3, -0.25) is 4.98 Å². The van der Waals surface area contributed by atoms with Crippen molar-refractivity contribution in [2.24, 2.45) is 0 Å². The number of halogens is 5. The molecule has 0 radical (unpaired) electrons.